The van der Waals surface area contributed by atoms with E-state index < -0.39 is 11.7 Å². The molecule has 1 atom stereocenters. The van der Waals surface area contributed by atoms with E-state index >= 15 is 0 Å². The molecule has 28 heavy (non-hydrogen) atoms. The van der Waals surface area contributed by atoms with E-state index in [1.54, 1.807) is 18.2 Å². The maximum Gasteiger partial charge on any atom is 0.229 e. The van der Waals surface area contributed by atoms with Gasteiger partial charge in [-0.25, -0.2) is 4.39 Å². The number of amides is 2. The van der Waals surface area contributed by atoms with Crippen molar-refractivity contribution in [1.82, 2.24) is 0 Å². The molecule has 7 heteroatoms. The Morgan fingerprint density at radius 1 is 1.04 bits per heavy atom. The number of halogens is 1. The van der Waals surface area contributed by atoms with Gasteiger partial charge in [0.2, 0.25) is 11.8 Å². The average Bonchev–Trinajstić information content (AvgIpc) is 3.11. The van der Waals surface area contributed by atoms with Crippen molar-refractivity contribution >= 4 is 28.9 Å². The van der Waals surface area contributed by atoms with Crippen LogP contribution in [0.3, 0.4) is 0 Å². The third-order valence-corrected chi connectivity index (χ3v) is 5.15. The molecular formula is C21H22FN3O3. The minimum Gasteiger partial charge on any atom is -0.378 e. The number of hydrogen-bond acceptors (Lipinski definition) is 4. The van der Waals surface area contributed by atoms with Gasteiger partial charge in [-0.1, -0.05) is 24.3 Å². The first-order valence-electron chi connectivity index (χ1n) is 9.41. The summed E-state index contributed by atoms with van der Waals surface area (Å²) >= 11 is 0. The zero-order valence-electron chi connectivity index (χ0n) is 15.4. The van der Waals surface area contributed by atoms with Crippen molar-refractivity contribution < 1.29 is 18.7 Å². The van der Waals surface area contributed by atoms with Crippen molar-refractivity contribution in [3.05, 3.63) is 54.3 Å². The zero-order chi connectivity index (χ0) is 19.5. The van der Waals surface area contributed by atoms with Gasteiger partial charge in [-0.15, -0.1) is 0 Å². The van der Waals surface area contributed by atoms with E-state index in [9.17, 15) is 14.0 Å². The number of ether oxygens (including phenoxy) is 1. The summed E-state index contributed by atoms with van der Waals surface area (Å²) in [7, 11) is 0. The van der Waals surface area contributed by atoms with Gasteiger partial charge in [0, 0.05) is 26.1 Å². The normalized spacial score (nSPS) is 19.8. The van der Waals surface area contributed by atoms with Gasteiger partial charge in [-0.3, -0.25) is 9.59 Å². The van der Waals surface area contributed by atoms with E-state index in [1.807, 2.05) is 24.3 Å². The molecule has 0 spiro atoms. The van der Waals surface area contributed by atoms with E-state index in [2.05, 4.69) is 10.2 Å². The van der Waals surface area contributed by atoms with Crippen LogP contribution >= 0.6 is 0 Å². The Kier molecular flexibility index (Phi) is 5.25. The quantitative estimate of drug-likeness (QED) is 0.882. The fourth-order valence-electron chi connectivity index (χ4n) is 3.68. The number of rotatable bonds is 4. The van der Waals surface area contributed by atoms with Crippen molar-refractivity contribution in [3.8, 4) is 0 Å². The van der Waals surface area contributed by atoms with E-state index in [0.29, 0.717) is 18.9 Å². The molecule has 0 saturated carbocycles. The van der Waals surface area contributed by atoms with Crippen molar-refractivity contribution in [1.29, 1.82) is 0 Å². The number of carbonyl (C=O) groups is 2. The second-order valence-electron chi connectivity index (χ2n) is 6.96. The molecule has 2 aromatic carbocycles. The second kappa shape index (κ2) is 7.98. The standard InChI is InChI=1S/C21H22FN3O3/c22-16-5-1-3-7-18(16)25-14-15(13-20(25)26)21(27)23-17-6-2-4-8-19(17)24-9-11-28-12-10-24/h1-8,15H,9-14H2,(H,23,27)/t15-/m1/s1. The molecule has 6 nitrogen and oxygen atoms in total. The molecule has 146 valence electrons. The minimum absolute atomic E-state index is 0.0693. The summed E-state index contributed by atoms with van der Waals surface area (Å²) in [6, 6.07) is 13.7. The molecule has 2 aliphatic rings. The van der Waals surface area contributed by atoms with Gasteiger partial charge in [-0.05, 0) is 24.3 Å². The number of anilines is 3. The highest BCUT2D eigenvalue weighted by molar-refractivity contribution is 6.04. The fourth-order valence-corrected chi connectivity index (χ4v) is 3.68. The molecule has 2 amide bonds. The molecule has 0 unspecified atom stereocenters. The van der Waals surface area contributed by atoms with Crippen LogP contribution in [-0.4, -0.2) is 44.7 Å². The molecule has 2 fully saturated rings. The first kappa shape index (κ1) is 18.4. The predicted molar refractivity (Wildman–Crippen MR) is 105 cm³/mol. The van der Waals surface area contributed by atoms with E-state index in [0.717, 1.165) is 18.8 Å². The third-order valence-electron chi connectivity index (χ3n) is 5.15. The van der Waals surface area contributed by atoms with Crippen molar-refractivity contribution in [2.45, 2.75) is 6.42 Å². The number of carbonyl (C=O) groups excluding carboxylic acids is 2. The largest absolute Gasteiger partial charge is 0.378 e. The Morgan fingerprint density at radius 2 is 1.71 bits per heavy atom. The molecule has 0 aliphatic carbocycles. The van der Waals surface area contributed by atoms with Crippen LogP contribution in [0.15, 0.2) is 48.5 Å². The van der Waals surface area contributed by atoms with Gasteiger partial charge < -0.3 is 19.9 Å². The number of para-hydroxylation sites is 3. The van der Waals surface area contributed by atoms with E-state index in [1.165, 1.54) is 11.0 Å². The van der Waals surface area contributed by atoms with Crippen LogP contribution < -0.4 is 15.1 Å². The summed E-state index contributed by atoms with van der Waals surface area (Å²) in [6.07, 6.45) is 0.0693. The molecule has 0 radical (unpaired) electrons. The van der Waals surface area contributed by atoms with Crippen LogP contribution in [-0.2, 0) is 14.3 Å². The van der Waals surface area contributed by atoms with Gasteiger partial charge in [0.05, 0.1) is 36.2 Å². The Balaban J connectivity index is 1.48. The second-order valence-corrected chi connectivity index (χ2v) is 6.96. The topological polar surface area (TPSA) is 61.9 Å². The highest BCUT2D eigenvalue weighted by Crippen LogP contribution is 2.30. The lowest BCUT2D eigenvalue weighted by Crippen LogP contribution is -2.37. The average molecular weight is 383 g/mol. The number of benzene rings is 2. The zero-order valence-corrected chi connectivity index (χ0v) is 15.4. The smallest absolute Gasteiger partial charge is 0.229 e. The summed E-state index contributed by atoms with van der Waals surface area (Å²) in [4.78, 5) is 28.7. The summed E-state index contributed by atoms with van der Waals surface area (Å²) in [5, 5.41) is 2.96. The fraction of sp³-hybridized carbons (Fsp3) is 0.333. The van der Waals surface area contributed by atoms with Crippen molar-refractivity contribution in [2.75, 3.05) is 48.0 Å². The lowest BCUT2D eigenvalue weighted by Gasteiger charge is -2.30. The molecule has 2 heterocycles. The van der Waals surface area contributed by atoms with Crippen molar-refractivity contribution in [3.63, 3.8) is 0 Å². The molecule has 2 saturated heterocycles. The molecule has 1 N–H and O–H groups in total. The number of nitrogens with zero attached hydrogens (tertiary/aromatic N) is 2. The predicted octanol–water partition coefficient (Wildman–Crippen LogP) is 2.65. The van der Waals surface area contributed by atoms with Gasteiger partial charge in [-0.2, -0.15) is 0 Å². The van der Waals surface area contributed by atoms with Gasteiger partial charge in [0.15, 0.2) is 0 Å². The molecule has 4 rings (SSSR count). The van der Waals surface area contributed by atoms with Crippen LogP contribution in [0, 0.1) is 11.7 Å². The molecule has 0 bridgehead atoms. The third kappa shape index (κ3) is 3.71. The van der Waals surface area contributed by atoms with Gasteiger partial charge in [0.25, 0.3) is 0 Å². The Bertz CT molecular complexity index is 883. The summed E-state index contributed by atoms with van der Waals surface area (Å²) < 4.78 is 19.4. The summed E-state index contributed by atoms with van der Waals surface area (Å²) in [5.74, 6) is -1.46. The molecular weight excluding hydrogens is 361 g/mol. The van der Waals surface area contributed by atoms with Gasteiger partial charge in [0.1, 0.15) is 5.82 Å². The first-order valence-corrected chi connectivity index (χ1v) is 9.41. The van der Waals surface area contributed by atoms with Crippen molar-refractivity contribution in [2.24, 2.45) is 5.92 Å². The Morgan fingerprint density at radius 3 is 2.46 bits per heavy atom. The van der Waals surface area contributed by atoms with Crippen LogP contribution in [0.2, 0.25) is 0 Å². The summed E-state index contributed by atoms with van der Waals surface area (Å²) in [6.45, 7) is 2.99. The lowest BCUT2D eigenvalue weighted by atomic mass is 10.1. The number of morpholine rings is 1. The molecule has 2 aliphatic heterocycles. The SMILES string of the molecule is O=C(Nc1ccccc1N1CCOCC1)[C@@H]1CC(=O)N(c2ccccc2F)C1. The molecule has 2 aromatic rings. The Labute approximate surface area is 162 Å². The first-order chi connectivity index (χ1) is 13.6. The lowest BCUT2D eigenvalue weighted by molar-refractivity contribution is -0.122. The maximum atomic E-state index is 14.0. The Hall–Kier alpha value is -2.93. The highest BCUT2D eigenvalue weighted by atomic mass is 19.1. The summed E-state index contributed by atoms with van der Waals surface area (Å²) in [5.41, 5.74) is 1.87. The van der Waals surface area contributed by atoms with Gasteiger partial charge >= 0.3 is 0 Å². The number of hydrogen-bond donors (Lipinski definition) is 1. The monoisotopic (exact) mass is 383 g/mol. The molecule has 0 aromatic heterocycles. The van der Waals surface area contributed by atoms with Crippen LogP contribution in [0.1, 0.15) is 6.42 Å². The highest BCUT2D eigenvalue weighted by Gasteiger charge is 2.36. The maximum absolute atomic E-state index is 14.0. The van der Waals surface area contributed by atoms with Crippen LogP contribution in [0.4, 0.5) is 21.5 Å². The van der Waals surface area contributed by atoms with E-state index in [4.69, 9.17) is 4.74 Å². The van der Waals surface area contributed by atoms with Crippen LogP contribution in [0.5, 0.6) is 0 Å². The van der Waals surface area contributed by atoms with Crippen LogP contribution in [0.25, 0.3) is 0 Å². The number of nitrogens with one attached hydrogen (secondary N) is 1. The van der Waals surface area contributed by atoms with E-state index in [-0.39, 0.29) is 30.5 Å². The minimum atomic E-state index is -0.523.